The van der Waals surface area contributed by atoms with Gasteiger partial charge in [-0.2, -0.15) is 5.10 Å². The molecule has 1 N–H and O–H groups in total. The molecule has 1 aromatic carbocycles. The number of carbonyl (C=O) groups excluding carboxylic acids is 1. The van der Waals surface area contributed by atoms with Crippen molar-refractivity contribution in [2.24, 2.45) is 5.10 Å². The molecule has 0 unspecified atom stereocenters. The lowest BCUT2D eigenvalue weighted by atomic mass is 10.2. The van der Waals surface area contributed by atoms with Gasteiger partial charge in [0.1, 0.15) is 5.75 Å². The van der Waals surface area contributed by atoms with E-state index in [0.29, 0.717) is 5.56 Å². The molecule has 5 nitrogen and oxygen atoms in total. The van der Waals surface area contributed by atoms with Gasteiger partial charge in [0.25, 0.3) is 5.91 Å². The monoisotopic (exact) mass is 381 g/mol. The van der Waals surface area contributed by atoms with E-state index in [1.165, 1.54) is 6.20 Å². The number of aromatic nitrogens is 1. The van der Waals surface area contributed by atoms with Crippen molar-refractivity contribution in [3.05, 3.63) is 57.4 Å². The number of amides is 1. The number of carbonyl (C=O) groups is 1. The first-order chi connectivity index (χ1) is 9.70. The second-order valence-electron chi connectivity index (χ2n) is 3.83. The molecular weight excluding hydrogens is 369 g/mol. The highest BCUT2D eigenvalue weighted by Crippen LogP contribution is 2.20. The minimum atomic E-state index is -0.294. The van der Waals surface area contributed by atoms with E-state index in [9.17, 15) is 4.79 Å². The van der Waals surface area contributed by atoms with Crippen LogP contribution in [0.3, 0.4) is 0 Å². The largest absolute Gasteiger partial charge is 0.496 e. The van der Waals surface area contributed by atoms with Crippen LogP contribution in [0.4, 0.5) is 0 Å². The number of nitrogens with one attached hydrogen (secondary N) is 1. The van der Waals surface area contributed by atoms with Gasteiger partial charge in [0.15, 0.2) is 0 Å². The maximum Gasteiger partial charge on any atom is 0.272 e. The van der Waals surface area contributed by atoms with Crippen molar-refractivity contribution < 1.29 is 9.53 Å². The maximum atomic E-state index is 11.7. The van der Waals surface area contributed by atoms with Gasteiger partial charge in [0.05, 0.1) is 22.5 Å². The molecule has 20 heavy (non-hydrogen) atoms. The Morgan fingerprint density at radius 1 is 1.45 bits per heavy atom. The zero-order chi connectivity index (χ0) is 14.4. The molecule has 1 amide bonds. The van der Waals surface area contributed by atoms with Crippen molar-refractivity contribution in [1.29, 1.82) is 0 Å². The molecule has 0 saturated heterocycles. The van der Waals surface area contributed by atoms with Gasteiger partial charge in [-0.25, -0.2) is 5.43 Å². The Morgan fingerprint density at radius 2 is 2.30 bits per heavy atom. The highest BCUT2D eigenvalue weighted by Gasteiger charge is 2.03. The SMILES string of the molecule is COc1ccc(C=NNC(=O)c2cccnc2)cc1I. The van der Waals surface area contributed by atoms with Gasteiger partial charge in [0, 0.05) is 12.4 Å². The van der Waals surface area contributed by atoms with Crippen LogP contribution in [0.2, 0.25) is 0 Å². The van der Waals surface area contributed by atoms with E-state index < -0.39 is 0 Å². The van der Waals surface area contributed by atoms with E-state index in [0.717, 1.165) is 14.9 Å². The zero-order valence-electron chi connectivity index (χ0n) is 10.7. The number of benzene rings is 1. The van der Waals surface area contributed by atoms with E-state index in [2.05, 4.69) is 38.1 Å². The molecule has 0 fully saturated rings. The maximum absolute atomic E-state index is 11.7. The zero-order valence-corrected chi connectivity index (χ0v) is 12.9. The number of hydrazone groups is 1. The Hall–Kier alpha value is -1.96. The Bertz CT molecular complexity index is 630. The van der Waals surface area contributed by atoms with Crippen LogP contribution in [0.25, 0.3) is 0 Å². The normalized spacial score (nSPS) is 10.5. The molecule has 0 saturated carbocycles. The molecule has 6 heteroatoms. The van der Waals surface area contributed by atoms with Gasteiger partial charge in [0.2, 0.25) is 0 Å². The summed E-state index contributed by atoms with van der Waals surface area (Å²) in [5.41, 5.74) is 3.80. The summed E-state index contributed by atoms with van der Waals surface area (Å²) in [5, 5.41) is 3.92. The summed E-state index contributed by atoms with van der Waals surface area (Å²) in [6.45, 7) is 0. The molecule has 0 bridgehead atoms. The number of hydrogen-bond acceptors (Lipinski definition) is 4. The third kappa shape index (κ3) is 3.77. The highest BCUT2D eigenvalue weighted by molar-refractivity contribution is 14.1. The molecule has 0 aliphatic heterocycles. The van der Waals surface area contributed by atoms with Gasteiger partial charge >= 0.3 is 0 Å². The first kappa shape index (κ1) is 14.4. The number of halogens is 1. The fraction of sp³-hybridized carbons (Fsp3) is 0.0714. The number of nitrogens with zero attached hydrogens (tertiary/aromatic N) is 2. The van der Waals surface area contributed by atoms with Crippen LogP contribution in [0.15, 0.2) is 47.8 Å². The van der Waals surface area contributed by atoms with E-state index in [4.69, 9.17) is 4.74 Å². The van der Waals surface area contributed by atoms with Crippen LogP contribution in [-0.4, -0.2) is 24.2 Å². The minimum absolute atomic E-state index is 0.294. The van der Waals surface area contributed by atoms with Crippen LogP contribution < -0.4 is 10.2 Å². The van der Waals surface area contributed by atoms with Crippen molar-refractivity contribution in [2.45, 2.75) is 0 Å². The lowest BCUT2D eigenvalue weighted by Gasteiger charge is -2.03. The third-order valence-corrected chi connectivity index (χ3v) is 3.32. The molecule has 2 aromatic rings. The molecule has 0 spiro atoms. The average molecular weight is 381 g/mol. The molecule has 0 aliphatic rings. The third-order valence-electron chi connectivity index (χ3n) is 2.48. The van der Waals surface area contributed by atoms with E-state index in [-0.39, 0.29) is 5.91 Å². The van der Waals surface area contributed by atoms with E-state index in [1.54, 1.807) is 31.7 Å². The van der Waals surface area contributed by atoms with Gasteiger partial charge < -0.3 is 4.74 Å². The molecule has 2 rings (SSSR count). The fourth-order valence-electron chi connectivity index (χ4n) is 1.49. The molecule has 0 atom stereocenters. The van der Waals surface area contributed by atoms with Gasteiger partial charge in [-0.05, 0) is 58.5 Å². The Kier molecular flexibility index (Phi) is 5.05. The highest BCUT2D eigenvalue weighted by atomic mass is 127. The van der Waals surface area contributed by atoms with Crippen LogP contribution in [0, 0.1) is 3.57 Å². The minimum Gasteiger partial charge on any atom is -0.496 e. The summed E-state index contributed by atoms with van der Waals surface area (Å²) in [4.78, 5) is 15.6. The van der Waals surface area contributed by atoms with Crippen LogP contribution >= 0.6 is 22.6 Å². The van der Waals surface area contributed by atoms with Gasteiger partial charge in [-0.15, -0.1) is 0 Å². The Labute approximate surface area is 130 Å². The summed E-state index contributed by atoms with van der Waals surface area (Å²) < 4.78 is 6.15. The first-order valence-corrected chi connectivity index (χ1v) is 6.85. The lowest BCUT2D eigenvalue weighted by Crippen LogP contribution is -2.17. The van der Waals surface area contributed by atoms with Crippen LogP contribution in [0.5, 0.6) is 5.75 Å². The lowest BCUT2D eigenvalue weighted by molar-refractivity contribution is 0.0955. The van der Waals surface area contributed by atoms with Gasteiger partial charge in [-0.1, -0.05) is 0 Å². The predicted molar refractivity (Wildman–Crippen MR) is 85.0 cm³/mol. The average Bonchev–Trinajstić information content (AvgIpc) is 2.48. The van der Waals surface area contributed by atoms with Crippen molar-refractivity contribution in [2.75, 3.05) is 7.11 Å². The molecule has 0 radical (unpaired) electrons. The second kappa shape index (κ2) is 6.99. The van der Waals surface area contributed by atoms with E-state index in [1.807, 2.05) is 18.2 Å². The molecular formula is C14H12IN3O2. The Morgan fingerprint density at radius 3 is 2.95 bits per heavy atom. The van der Waals surface area contributed by atoms with Crippen molar-refractivity contribution in [1.82, 2.24) is 10.4 Å². The smallest absolute Gasteiger partial charge is 0.272 e. The second-order valence-corrected chi connectivity index (χ2v) is 5.00. The number of hydrogen-bond donors (Lipinski definition) is 1. The van der Waals surface area contributed by atoms with Crippen LogP contribution in [0.1, 0.15) is 15.9 Å². The number of ether oxygens (including phenoxy) is 1. The fourth-order valence-corrected chi connectivity index (χ4v) is 2.25. The van der Waals surface area contributed by atoms with Crippen LogP contribution in [-0.2, 0) is 0 Å². The van der Waals surface area contributed by atoms with Crippen molar-refractivity contribution in [3.8, 4) is 5.75 Å². The standard InChI is InChI=1S/C14H12IN3O2/c1-20-13-5-4-10(7-12(13)15)8-17-18-14(19)11-3-2-6-16-9-11/h2-9H,1H3,(H,18,19). The number of methoxy groups -OCH3 is 1. The number of pyridine rings is 1. The van der Waals surface area contributed by atoms with Crippen molar-refractivity contribution >= 4 is 34.7 Å². The van der Waals surface area contributed by atoms with E-state index >= 15 is 0 Å². The molecule has 1 aromatic heterocycles. The summed E-state index contributed by atoms with van der Waals surface area (Å²) in [6.07, 6.45) is 4.68. The molecule has 1 heterocycles. The summed E-state index contributed by atoms with van der Waals surface area (Å²) >= 11 is 2.18. The summed E-state index contributed by atoms with van der Waals surface area (Å²) in [6, 6.07) is 9.00. The predicted octanol–water partition coefficient (Wildman–Crippen LogP) is 2.46. The molecule has 102 valence electrons. The summed E-state index contributed by atoms with van der Waals surface area (Å²) in [7, 11) is 1.62. The quantitative estimate of drug-likeness (QED) is 0.503. The summed E-state index contributed by atoms with van der Waals surface area (Å²) in [5.74, 6) is 0.514. The Balaban J connectivity index is 2.00. The first-order valence-electron chi connectivity index (χ1n) is 5.77. The number of rotatable bonds is 4. The van der Waals surface area contributed by atoms with Gasteiger partial charge in [-0.3, -0.25) is 9.78 Å². The van der Waals surface area contributed by atoms with Crippen molar-refractivity contribution in [3.63, 3.8) is 0 Å². The topological polar surface area (TPSA) is 63.6 Å². The molecule has 0 aliphatic carbocycles.